The summed E-state index contributed by atoms with van der Waals surface area (Å²) in [6, 6.07) is 10.7. The number of nitrogens with one attached hydrogen (secondary N) is 1. The molecular formula is C25H27ClN4O4. The number of carbonyl (C=O) groups excluding carboxylic acids is 3. The molecule has 0 aliphatic carbocycles. The Kier molecular flexibility index (Phi) is 6.16. The van der Waals surface area contributed by atoms with Gasteiger partial charge in [-0.3, -0.25) is 14.4 Å². The molecular weight excluding hydrogens is 456 g/mol. The van der Waals surface area contributed by atoms with Gasteiger partial charge in [0.25, 0.3) is 5.91 Å². The fourth-order valence-electron chi connectivity index (χ4n) is 5.13. The van der Waals surface area contributed by atoms with Crippen LogP contribution in [0.3, 0.4) is 0 Å². The van der Waals surface area contributed by atoms with E-state index in [0.717, 1.165) is 12.8 Å². The fraction of sp³-hybridized carbons (Fsp3) is 0.440. The lowest BCUT2D eigenvalue weighted by atomic mass is 9.86. The molecule has 3 amide bonds. The summed E-state index contributed by atoms with van der Waals surface area (Å²) in [5.74, 6) is 0.316. The molecule has 3 aliphatic rings. The first-order chi connectivity index (χ1) is 16.4. The van der Waals surface area contributed by atoms with E-state index in [4.69, 9.17) is 16.3 Å². The zero-order chi connectivity index (χ0) is 23.7. The van der Waals surface area contributed by atoms with Gasteiger partial charge < -0.3 is 19.9 Å². The van der Waals surface area contributed by atoms with E-state index in [0.29, 0.717) is 61.2 Å². The van der Waals surface area contributed by atoms with Gasteiger partial charge in [0.05, 0.1) is 23.6 Å². The molecule has 178 valence electrons. The Morgan fingerprint density at radius 3 is 2.65 bits per heavy atom. The number of para-hydroxylation sites is 2. The lowest BCUT2D eigenvalue weighted by molar-refractivity contribution is -0.141. The summed E-state index contributed by atoms with van der Waals surface area (Å²) in [7, 11) is 0. The fourth-order valence-corrected chi connectivity index (χ4v) is 5.25. The number of piperidine rings is 2. The molecule has 2 saturated heterocycles. The van der Waals surface area contributed by atoms with E-state index in [2.05, 4.69) is 10.3 Å². The number of benzene rings is 1. The SMILES string of the molecule is O=C1CC2(CCN(C(=O)C3CCCN(C(=O)c4ccc(Cl)nc4)C3)CC2)Oc2ccccc2N1. The maximum atomic E-state index is 13.3. The molecule has 2 fully saturated rings. The van der Waals surface area contributed by atoms with E-state index in [1.165, 1.54) is 6.20 Å². The molecule has 1 aromatic carbocycles. The molecule has 1 N–H and O–H groups in total. The van der Waals surface area contributed by atoms with Crippen LogP contribution in [0.15, 0.2) is 42.6 Å². The Labute approximate surface area is 203 Å². The molecule has 4 heterocycles. The van der Waals surface area contributed by atoms with Crippen molar-refractivity contribution in [3.63, 3.8) is 0 Å². The number of nitrogens with zero attached hydrogens (tertiary/aromatic N) is 3. The van der Waals surface area contributed by atoms with Crippen molar-refractivity contribution in [3.8, 4) is 5.75 Å². The van der Waals surface area contributed by atoms with Gasteiger partial charge >= 0.3 is 0 Å². The van der Waals surface area contributed by atoms with E-state index in [1.807, 2.05) is 29.2 Å². The molecule has 1 spiro atoms. The first-order valence-corrected chi connectivity index (χ1v) is 12.1. The van der Waals surface area contributed by atoms with Gasteiger partial charge in [-0.2, -0.15) is 0 Å². The highest BCUT2D eigenvalue weighted by Gasteiger charge is 2.43. The molecule has 0 radical (unpaired) electrons. The van der Waals surface area contributed by atoms with Crippen LogP contribution >= 0.6 is 11.6 Å². The molecule has 0 saturated carbocycles. The highest BCUT2D eigenvalue weighted by Crippen LogP contribution is 2.38. The maximum Gasteiger partial charge on any atom is 0.255 e. The van der Waals surface area contributed by atoms with E-state index >= 15 is 0 Å². The number of halogens is 1. The highest BCUT2D eigenvalue weighted by atomic mass is 35.5. The maximum absolute atomic E-state index is 13.3. The zero-order valence-electron chi connectivity index (χ0n) is 18.8. The number of hydrogen-bond acceptors (Lipinski definition) is 5. The first-order valence-electron chi connectivity index (χ1n) is 11.7. The average Bonchev–Trinajstić information content (AvgIpc) is 2.99. The van der Waals surface area contributed by atoms with E-state index < -0.39 is 5.60 Å². The quantitative estimate of drug-likeness (QED) is 0.662. The minimum absolute atomic E-state index is 0.0668. The van der Waals surface area contributed by atoms with E-state index in [9.17, 15) is 14.4 Å². The number of likely N-dealkylation sites (tertiary alicyclic amines) is 2. The number of amides is 3. The number of pyridine rings is 1. The lowest BCUT2D eigenvalue weighted by Gasteiger charge is -2.42. The van der Waals surface area contributed by atoms with Crippen LogP contribution in [0.4, 0.5) is 5.69 Å². The molecule has 1 atom stereocenters. The van der Waals surface area contributed by atoms with Crippen LogP contribution in [0.2, 0.25) is 5.15 Å². The van der Waals surface area contributed by atoms with Crippen molar-refractivity contribution in [1.82, 2.24) is 14.8 Å². The second-order valence-corrected chi connectivity index (χ2v) is 9.68. The minimum atomic E-state index is -0.608. The molecule has 8 nitrogen and oxygen atoms in total. The molecule has 1 aromatic heterocycles. The summed E-state index contributed by atoms with van der Waals surface area (Å²) in [6.45, 7) is 2.07. The van der Waals surface area contributed by atoms with Crippen molar-refractivity contribution in [2.24, 2.45) is 5.92 Å². The molecule has 5 rings (SSSR count). The number of anilines is 1. The summed E-state index contributed by atoms with van der Waals surface area (Å²) in [5, 5.41) is 3.26. The Balaban J connectivity index is 1.22. The standard InChI is InChI=1S/C25H27ClN4O4/c26-21-8-7-17(15-27-21)23(32)30-11-3-4-18(16-30)24(33)29-12-9-25(10-13-29)14-22(31)28-19-5-1-2-6-20(19)34-25/h1-2,5-8,15,18H,3-4,9-14,16H2,(H,28,31). The predicted molar refractivity (Wildman–Crippen MR) is 127 cm³/mol. The van der Waals surface area contributed by atoms with Gasteiger partial charge in [-0.25, -0.2) is 4.98 Å². The third kappa shape index (κ3) is 4.59. The molecule has 3 aliphatic heterocycles. The molecule has 2 aromatic rings. The average molecular weight is 483 g/mol. The van der Waals surface area contributed by atoms with Crippen LogP contribution in [0.1, 0.15) is 42.5 Å². The smallest absolute Gasteiger partial charge is 0.255 e. The summed E-state index contributed by atoms with van der Waals surface area (Å²) >= 11 is 5.83. The summed E-state index contributed by atoms with van der Waals surface area (Å²) in [4.78, 5) is 46.3. The number of aromatic nitrogens is 1. The van der Waals surface area contributed by atoms with Gasteiger partial charge in [-0.1, -0.05) is 23.7 Å². The summed E-state index contributed by atoms with van der Waals surface area (Å²) in [5.41, 5.74) is 0.552. The molecule has 0 bridgehead atoms. The normalized spacial score (nSPS) is 21.8. The number of rotatable bonds is 2. The van der Waals surface area contributed by atoms with Crippen molar-refractivity contribution in [1.29, 1.82) is 0 Å². The van der Waals surface area contributed by atoms with Crippen molar-refractivity contribution in [3.05, 3.63) is 53.3 Å². The van der Waals surface area contributed by atoms with Gasteiger partial charge in [-0.05, 0) is 37.1 Å². The molecule has 34 heavy (non-hydrogen) atoms. The van der Waals surface area contributed by atoms with Gasteiger partial charge in [0.2, 0.25) is 11.8 Å². The second kappa shape index (κ2) is 9.25. The topological polar surface area (TPSA) is 91.8 Å². The summed E-state index contributed by atoms with van der Waals surface area (Å²) < 4.78 is 6.35. The van der Waals surface area contributed by atoms with Crippen LogP contribution in [-0.4, -0.2) is 64.3 Å². The predicted octanol–water partition coefficient (Wildman–Crippen LogP) is 3.37. The Morgan fingerprint density at radius 1 is 1.09 bits per heavy atom. The zero-order valence-corrected chi connectivity index (χ0v) is 19.6. The van der Waals surface area contributed by atoms with E-state index in [-0.39, 0.29) is 30.1 Å². The number of fused-ring (bicyclic) bond motifs is 1. The third-order valence-corrected chi connectivity index (χ3v) is 7.21. The van der Waals surface area contributed by atoms with Crippen LogP contribution in [0, 0.1) is 5.92 Å². The van der Waals surface area contributed by atoms with Gasteiger partial charge in [0.1, 0.15) is 16.5 Å². The van der Waals surface area contributed by atoms with E-state index in [1.54, 1.807) is 17.0 Å². The van der Waals surface area contributed by atoms with Crippen molar-refractivity contribution in [2.75, 3.05) is 31.5 Å². The number of carbonyl (C=O) groups is 3. The number of ether oxygens (including phenoxy) is 1. The Hall–Kier alpha value is -3.13. The van der Waals surface area contributed by atoms with Gasteiger partial charge in [0.15, 0.2) is 0 Å². The lowest BCUT2D eigenvalue weighted by Crippen LogP contribution is -2.53. The Morgan fingerprint density at radius 2 is 1.88 bits per heavy atom. The van der Waals surface area contributed by atoms with Gasteiger partial charge in [0, 0.05) is 45.2 Å². The van der Waals surface area contributed by atoms with Crippen LogP contribution in [-0.2, 0) is 9.59 Å². The monoisotopic (exact) mass is 482 g/mol. The number of hydrogen-bond donors (Lipinski definition) is 1. The minimum Gasteiger partial charge on any atom is -0.484 e. The summed E-state index contributed by atoms with van der Waals surface area (Å²) in [6.07, 6.45) is 4.46. The molecule has 1 unspecified atom stereocenters. The third-order valence-electron chi connectivity index (χ3n) is 6.99. The Bertz CT molecular complexity index is 1100. The van der Waals surface area contributed by atoms with Crippen molar-refractivity contribution < 1.29 is 19.1 Å². The van der Waals surface area contributed by atoms with Gasteiger partial charge in [-0.15, -0.1) is 0 Å². The van der Waals surface area contributed by atoms with Crippen molar-refractivity contribution >= 4 is 35.0 Å². The largest absolute Gasteiger partial charge is 0.484 e. The first kappa shape index (κ1) is 22.7. The van der Waals surface area contributed by atoms with Crippen LogP contribution in [0.5, 0.6) is 5.75 Å². The molecule has 9 heteroatoms. The highest BCUT2D eigenvalue weighted by molar-refractivity contribution is 6.29. The van der Waals surface area contributed by atoms with Crippen molar-refractivity contribution in [2.45, 2.75) is 37.7 Å². The van der Waals surface area contributed by atoms with Crippen LogP contribution in [0.25, 0.3) is 0 Å². The van der Waals surface area contributed by atoms with Crippen LogP contribution < -0.4 is 10.1 Å². The second-order valence-electron chi connectivity index (χ2n) is 9.29.